The fourth-order valence-electron chi connectivity index (χ4n) is 3.15. The molecule has 0 amide bonds. The molecule has 106 valence electrons. The summed E-state index contributed by atoms with van der Waals surface area (Å²) >= 11 is 0. The van der Waals surface area contributed by atoms with Crippen molar-refractivity contribution in [2.75, 3.05) is 6.54 Å². The molecule has 2 rings (SSSR count). The van der Waals surface area contributed by atoms with Crippen LogP contribution in [0.1, 0.15) is 44.6 Å². The number of halogens is 2. The standard InChI is InChI=1S/C16H23F2N/c1-2-19-15(12-7-4-3-5-8-12)11-13-9-6-10-14(17)16(13)18/h6,9-10,12,15,19H,2-5,7-8,11H2,1H3. The maximum absolute atomic E-state index is 13.8. The number of rotatable bonds is 5. The molecule has 0 aromatic heterocycles. The van der Waals surface area contributed by atoms with Gasteiger partial charge in [-0.05, 0) is 43.4 Å². The zero-order valence-corrected chi connectivity index (χ0v) is 11.6. The van der Waals surface area contributed by atoms with Crippen molar-refractivity contribution < 1.29 is 8.78 Å². The average molecular weight is 267 g/mol. The fourth-order valence-corrected chi connectivity index (χ4v) is 3.15. The van der Waals surface area contributed by atoms with Crippen molar-refractivity contribution in [2.24, 2.45) is 5.92 Å². The Hall–Kier alpha value is -0.960. The summed E-state index contributed by atoms with van der Waals surface area (Å²) in [5.41, 5.74) is 0.497. The zero-order valence-electron chi connectivity index (χ0n) is 11.6. The Balaban J connectivity index is 2.08. The van der Waals surface area contributed by atoms with Gasteiger partial charge in [-0.15, -0.1) is 0 Å². The van der Waals surface area contributed by atoms with Crippen LogP contribution in [0, 0.1) is 17.6 Å². The van der Waals surface area contributed by atoms with E-state index in [1.807, 2.05) is 0 Å². The van der Waals surface area contributed by atoms with E-state index in [2.05, 4.69) is 12.2 Å². The first kappa shape index (κ1) is 14.4. The summed E-state index contributed by atoms with van der Waals surface area (Å²) in [6, 6.07) is 4.74. The molecule has 1 atom stereocenters. The van der Waals surface area contributed by atoms with Crippen LogP contribution in [0.25, 0.3) is 0 Å². The number of nitrogens with one attached hydrogen (secondary N) is 1. The summed E-state index contributed by atoms with van der Waals surface area (Å²) in [4.78, 5) is 0. The highest BCUT2D eigenvalue weighted by atomic mass is 19.2. The van der Waals surface area contributed by atoms with E-state index in [1.165, 1.54) is 38.2 Å². The Bertz CT molecular complexity index is 400. The molecule has 0 saturated heterocycles. The SMILES string of the molecule is CCNC(Cc1cccc(F)c1F)C1CCCCC1. The van der Waals surface area contributed by atoms with E-state index in [1.54, 1.807) is 12.1 Å². The summed E-state index contributed by atoms with van der Waals surface area (Å²) in [7, 11) is 0. The lowest BCUT2D eigenvalue weighted by molar-refractivity contribution is 0.268. The minimum Gasteiger partial charge on any atom is -0.314 e. The van der Waals surface area contributed by atoms with Gasteiger partial charge in [-0.2, -0.15) is 0 Å². The summed E-state index contributed by atoms with van der Waals surface area (Å²) in [5.74, 6) is -0.825. The van der Waals surface area contributed by atoms with Gasteiger partial charge in [-0.3, -0.25) is 0 Å². The molecule has 1 aromatic carbocycles. The van der Waals surface area contributed by atoms with Gasteiger partial charge in [0.2, 0.25) is 0 Å². The smallest absolute Gasteiger partial charge is 0.162 e. The first-order chi connectivity index (χ1) is 9.22. The molecular weight excluding hydrogens is 244 g/mol. The van der Waals surface area contributed by atoms with Crippen molar-refractivity contribution in [1.82, 2.24) is 5.32 Å². The predicted octanol–water partition coefficient (Wildman–Crippen LogP) is 4.07. The molecule has 1 N–H and O–H groups in total. The third-order valence-corrected chi connectivity index (χ3v) is 4.16. The maximum Gasteiger partial charge on any atom is 0.162 e. The van der Waals surface area contributed by atoms with Crippen molar-refractivity contribution in [1.29, 1.82) is 0 Å². The molecule has 1 aliphatic rings. The van der Waals surface area contributed by atoms with Crippen molar-refractivity contribution in [3.63, 3.8) is 0 Å². The first-order valence-electron chi connectivity index (χ1n) is 7.38. The minimum atomic E-state index is -0.739. The van der Waals surface area contributed by atoms with E-state index in [9.17, 15) is 8.78 Å². The van der Waals surface area contributed by atoms with Gasteiger partial charge in [0.05, 0.1) is 0 Å². The van der Waals surface area contributed by atoms with Gasteiger partial charge in [-0.1, -0.05) is 38.3 Å². The Morgan fingerprint density at radius 3 is 2.63 bits per heavy atom. The van der Waals surface area contributed by atoms with Gasteiger partial charge in [0.1, 0.15) is 0 Å². The molecule has 3 heteroatoms. The highest BCUT2D eigenvalue weighted by Crippen LogP contribution is 2.28. The van der Waals surface area contributed by atoms with E-state index < -0.39 is 11.6 Å². The Morgan fingerprint density at radius 1 is 1.21 bits per heavy atom. The summed E-state index contributed by atoms with van der Waals surface area (Å²) in [5, 5.41) is 3.46. The van der Waals surface area contributed by atoms with Gasteiger partial charge in [0, 0.05) is 6.04 Å². The second kappa shape index (κ2) is 6.99. The molecule has 1 unspecified atom stereocenters. The number of hydrogen-bond acceptors (Lipinski definition) is 1. The molecule has 1 fully saturated rings. The molecule has 0 aliphatic heterocycles. The van der Waals surface area contributed by atoms with Crippen molar-refractivity contribution in [3.05, 3.63) is 35.4 Å². The van der Waals surface area contributed by atoms with Gasteiger partial charge in [0.15, 0.2) is 11.6 Å². The molecule has 1 aliphatic carbocycles. The number of likely N-dealkylation sites (N-methyl/N-ethyl adjacent to an activating group) is 1. The van der Waals surface area contributed by atoms with Crippen LogP contribution in [-0.4, -0.2) is 12.6 Å². The lowest BCUT2D eigenvalue weighted by Gasteiger charge is -2.31. The lowest BCUT2D eigenvalue weighted by atomic mass is 9.81. The van der Waals surface area contributed by atoms with Gasteiger partial charge >= 0.3 is 0 Å². The highest BCUT2D eigenvalue weighted by molar-refractivity contribution is 5.20. The third-order valence-electron chi connectivity index (χ3n) is 4.16. The second-order valence-electron chi connectivity index (χ2n) is 5.48. The van der Waals surface area contributed by atoms with Crippen LogP contribution in [0.3, 0.4) is 0 Å². The largest absolute Gasteiger partial charge is 0.314 e. The molecule has 0 radical (unpaired) electrons. The summed E-state index contributed by atoms with van der Waals surface area (Å²) in [6.07, 6.45) is 6.82. The fraction of sp³-hybridized carbons (Fsp3) is 0.625. The molecular formula is C16H23F2N. The second-order valence-corrected chi connectivity index (χ2v) is 5.48. The van der Waals surface area contributed by atoms with E-state index in [0.29, 0.717) is 17.9 Å². The van der Waals surface area contributed by atoms with Crippen molar-refractivity contribution in [3.8, 4) is 0 Å². The molecule has 0 heterocycles. The van der Waals surface area contributed by atoms with Crippen LogP contribution < -0.4 is 5.32 Å². The topological polar surface area (TPSA) is 12.0 Å². The van der Waals surface area contributed by atoms with E-state index in [0.717, 1.165) is 6.54 Å². The number of benzene rings is 1. The van der Waals surface area contributed by atoms with Gasteiger partial charge < -0.3 is 5.32 Å². The Kier molecular flexibility index (Phi) is 5.32. The quantitative estimate of drug-likeness (QED) is 0.848. The minimum absolute atomic E-state index is 0.265. The first-order valence-corrected chi connectivity index (χ1v) is 7.38. The zero-order chi connectivity index (χ0) is 13.7. The third kappa shape index (κ3) is 3.75. The van der Waals surface area contributed by atoms with E-state index in [4.69, 9.17) is 0 Å². The Labute approximate surface area is 114 Å². The molecule has 1 saturated carbocycles. The predicted molar refractivity (Wildman–Crippen MR) is 74.1 cm³/mol. The number of hydrogen-bond donors (Lipinski definition) is 1. The Morgan fingerprint density at radius 2 is 1.95 bits per heavy atom. The normalized spacial score (nSPS) is 18.5. The molecule has 1 nitrogen and oxygen atoms in total. The van der Waals surface area contributed by atoms with Crippen LogP contribution in [0.4, 0.5) is 8.78 Å². The summed E-state index contributed by atoms with van der Waals surface area (Å²) in [6.45, 7) is 2.94. The van der Waals surface area contributed by atoms with Crippen LogP contribution in [-0.2, 0) is 6.42 Å². The molecule has 0 spiro atoms. The highest BCUT2D eigenvalue weighted by Gasteiger charge is 2.24. The van der Waals surface area contributed by atoms with Crippen molar-refractivity contribution >= 4 is 0 Å². The molecule has 0 bridgehead atoms. The maximum atomic E-state index is 13.8. The van der Waals surface area contributed by atoms with Crippen molar-refractivity contribution in [2.45, 2.75) is 51.5 Å². The van der Waals surface area contributed by atoms with Crippen LogP contribution in [0.5, 0.6) is 0 Å². The monoisotopic (exact) mass is 267 g/mol. The van der Waals surface area contributed by atoms with Crippen LogP contribution in [0.15, 0.2) is 18.2 Å². The van der Waals surface area contributed by atoms with Gasteiger partial charge in [0.25, 0.3) is 0 Å². The lowest BCUT2D eigenvalue weighted by Crippen LogP contribution is -2.39. The molecule has 19 heavy (non-hydrogen) atoms. The van der Waals surface area contributed by atoms with Crippen LogP contribution in [0.2, 0.25) is 0 Å². The van der Waals surface area contributed by atoms with Gasteiger partial charge in [-0.25, -0.2) is 8.78 Å². The molecule has 1 aromatic rings. The van der Waals surface area contributed by atoms with E-state index >= 15 is 0 Å². The van der Waals surface area contributed by atoms with Crippen LogP contribution >= 0.6 is 0 Å². The summed E-state index contributed by atoms with van der Waals surface area (Å²) < 4.78 is 27.0. The average Bonchev–Trinajstić information content (AvgIpc) is 2.44. The van der Waals surface area contributed by atoms with E-state index in [-0.39, 0.29) is 6.04 Å².